The van der Waals surface area contributed by atoms with Crippen molar-refractivity contribution in [2.24, 2.45) is 0 Å². The predicted octanol–water partition coefficient (Wildman–Crippen LogP) is 2.52. The molecule has 0 heterocycles. The second kappa shape index (κ2) is 7.88. The Kier molecular flexibility index (Phi) is 5.62. The molecule has 0 fully saturated rings. The lowest BCUT2D eigenvalue weighted by Gasteiger charge is -2.09. The van der Waals surface area contributed by atoms with Gasteiger partial charge in [0.05, 0.1) is 5.69 Å². The van der Waals surface area contributed by atoms with Crippen LogP contribution in [0, 0.1) is 11.6 Å². The summed E-state index contributed by atoms with van der Waals surface area (Å²) in [7, 11) is 0. The van der Waals surface area contributed by atoms with Crippen LogP contribution >= 0.6 is 0 Å². The van der Waals surface area contributed by atoms with E-state index < -0.39 is 17.7 Å². The number of hydrogen-bond donors (Lipinski definition) is 3. The standard InChI is InChI=1S/C16H15F2N3O2/c17-12-6-7-14(13(18)10-12)21-16(23)20-9-8-19-15(22)11-4-2-1-3-5-11/h1-7,10H,8-9H2,(H,19,22)(H2,20,21,23). The zero-order valence-electron chi connectivity index (χ0n) is 12.1. The van der Waals surface area contributed by atoms with Gasteiger partial charge >= 0.3 is 6.03 Å². The SMILES string of the molecule is O=C(NCCNC(=O)c1ccccc1)Nc1ccc(F)cc1F. The Labute approximate surface area is 131 Å². The Bertz CT molecular complexity index is 693. The first-order valence-corrected chi connectivity index (χ1v) is 6.89. The number of carbonyl (C=O) groups is 2. The van der Waals surface area contributed by atoms with Gasteiger partial charge in [0, 0.05) is 24.7 Å². The minimum Gasteiger partial charge on any atom is -0.350 e. The van der Waals surface area contributed by atoms with Crippen molar-refractivity contribution in [3.63, 3.8) is 0 Å². The predicted molar refractivity (Wildman–Crippen MR) is 82.2 cm³/mol. The molecule has 2 aromatic rings. The summed E-state index contributed by atoms with van der Waals surface area (Å²) in [5, 5.41) is 7.34. The van der Waals surface area contributed by atoms with Gasteiger partial charge in [-0.3, -0.25) is 4.79 Å². The van der Waals surface area contributed by atoms with E-state index in [-0.39, 0.29) is 24.7 Å². The van der Waals surface area contributed by atoms with Crippen molar-refractivity contribution < 1.29 is 18.4 Å². The van der Waals surface area contributed by atoms with Gasteiger partial charge < -0.3 is 16.0 Å². The number of nitrogens with one attached hydrogen (secondary N) is 3. The second-order valence-corrected chi connectivity index (χ2v) is 4.63. The van der Waals surface area contributed by atoms with Crippen LogP contribution in [0.5, 0.6) is 0 Å². The number of hydrogen-bond acceptors (Lipinski definition) is 2. The molecule has 0 aliphatic rings. The molecule has 0 saturated heterocycles. The zero-order chi connectivity index (χ0) is 16.7. The van der Waals surface area contributed by atoms with E-state index in [4.69, 9.17) is 0 Å². The molecule has 0 unspecified atom stereocenters. The molecule has 3 N–H and O–H groups in total. The van der Waals surface area contributed by atoms with Crippen molar-refractivity contribution in [2.45, 2.75) is 0 Å². The highest BCUT2D eigenvalue weighted by Crippen LogP contribution is 2.14. The third kappa shape index (κ3) is 5.06. The van der Waals surface area contributed by atoms with E-state index in [1.54, 1.807) is 30.3 Å². The van der Waals surface area contributed by atoms with Crippen molar-refractivity contribution in [3.05, 3.63) is 65.7 Å². The summed E-state index contributed by atoms with van der Waals surface area (Å²) in [4.78, 5) is 23.3. The van der Waals surface area contributed by atoms with Gasteiger partial charge in [0.2, 0.25) is 0 Å². The van der Waals surface area contributed by atoms with Crippen molar-refractivity contribution >= 4 is 17.6 Å². The number of amides is 3. The molecule has 5 nitrogen and oxygen atoms in total. The van der Waals surface area contributed by atoms with Gasteiger partial charge in [-0.2, -0.15) is 0 Å². The third-order valence-corrected chi connectivity index (χ3v) is 2.91. The average Bonchev–Trinajstić information content (AvgIpc) is 2.55. The van der Waals surface area contributed by atoms with Crippen molar-refractivity contribution in [1.82, 2.24) is 10.6 Å². The Morgan fingerprint density at radius 2 is 1.61 bits per heavy atom. The van der Waals surface area contributed by atoms with Gasteiger partial charge in [0.25, 0.3) is 5.91 Å². The summed E-state index contributed by atoms with van der Waals surface area (Å²) in [6, 6.07) is 10.8. The number of urea groups is 1. The first kappa shape index (κ1) is 16.4. The minimum absolute atomic E-state index is 0.128. The summed E-state index contributed by atoms with van der Waals surface area (Å²) in [6.45, 7) is 0.375. The van der Waals surface area contributed by atoms with Crippen LogP contribution in [0.2, 0.25) is 0 Å². The molecule has 0 aliphatic carbocycles. The maximum atomic E-state index is 13.4. The van der Waals surface area contributed by atoms with Gasteiger partial charge in [-0.05, 0) is 24.3 Å². The molecule has 0 bridgehead atoms. The average molecular weight is 319 g/mol. The van der Waals surface area contributed by atoms with Crippen LogP contribution in [0.3, 0.4) is 0 Å². The van der Waals surface area contributed by atoms with Crippen LogP contribution in [0.4, 0.5) is 19.3 Å². The number of benzene rings is 2. The largest absolute Gasteiger partial charge is 0.350 e. The van der Waals surface area contributed by atoms with E-state index in [1.807, 2.05) is 0 Å². The lowest BCUT2D eigenvalue weighted by Crippen LogP contribution is -2.36. The summed E-state index contributed by atoms with van der Waals surface area (Å²) in [5.74, 6) is -1.84. The number of anilines is 1. The van der Waals surface area contributed by atoms with Crippen LogP contribution < -0.4 is 16.0 Å². The molecule has 7 heteroatoms. The molecule has 23 heavy (non-hydrogen) atoms. The summed E-state index contributed by atoms with van der Waals surface area (Å²) in [6.07, 6.45) is 0. The fraction of sp³-hybridized carbons (Fsp3) is 0.125. The number of carbonyl (C=O) groups excluding carboxylic acids is 2. The number of halogens is 2. The van der Waals surface area contributed by atoms with Crippen LogP contribution in [0.15, 0.2) is 48.5 Å². The normalized spacial score (nSPS) is 10.0. The van der Waals surface area contributed by atoms with E-state index in [0.717, 1.165) is 12.1 Å². The highest BCUT2D eigenvalue weighted by atomic mass is 19.1. The Hall–Kier alpha value is -2.96. The van der Waals surface area contributed by atoms with Crippen LogP contribution in [0.25, 0.3) is 0 Å². The molecule has 2 aromatic carbocycles. The molecule has 0 spiro atoms. The molecule has 120 valence electrons. The molecule has 3 amide bonds. The molecule has 0 radical (unpaired) electrons. The van der Waals surface area contributed by atoms with E-state index in [0.29, 0.717) is 11.6 Å². The molecular weight excluding hydrogens is 304 g/mol. The lowest BCUT2D eigenvalue weighted by molar-refractivity contribution is 0.0954. The quantitative estimate of drug-likeness (QED) is 0.741. The molecule has 0 atom stereocenters. The van der Waals surface area contributed by atoms with Crippen LogP contribution in [0.1, 0.15) is 10.4 Å². The second-order valence-electron chi connectivity index (χ2n) is 4.63. The van der Waals surface area contributed by atoms with Crippen molar-refractivity contribution in [1.29, 1.82) is 0 Å². The van der Waals surface area contributed by atoms with E-state index >= 15 is 0 Å². The minimum atomic E-state index is -0.863. The maximum Gasteiger partial charge on any atom is 0.319 e. The topological polar surface area (TPSA) is 70.2 Å². The first-order valence-electron chi connectivity index (χ1n) is 6.89. The van der Waals surface area contributed by atoms with Crippen molar-refractivity contribution in [3.8, 4) is 0 Å². The monoisotopic (exact) mass is 319 g/mol. The van der Waals surface area contributed by atoms with Gasteiger partial charge in [-0.25, -0.2) is 13.6 Å². The third-order valence-electron chi connectivity index (χ3n) is 2.91. The van der Waals surface area contributed by atoms with Gasteiger partial charge in [0.15, 0.2) is 0 Å². The molecular formula is C16H15F2N3O2. The highest BCUT2D eigenvalue weighted by molar-refractivity contribution is 5.94. The molecule has 0 aliphatic heterocycles. The summed E-state index contributed by atoms with van der Waals surface area (Å²) < 4.78 is 26.1. The maximum absolute atomic E-state index is 13.4. The first-order chi connectivity index (χ1) is 11.1. The fourth-order valence-corrected chi connectivity index (χ4v) is 1.80. The van der Waals surface area contributed by atoms with Crippen LogP contribution in [-0.2, 0) is 0 Å². The lowest BCUT2D eigenvalue weighted by atomic mass is 10.2. The highest BCUT2D eigenvalue weighted by Gasteiger charge is 2.08. The fourth-order valence-electron chi connectivity index (χ4n) is 1.80. The van der Waals surface area contributed by atoms with Gasteiger partial charge in [-0.1, -0.05) is 18.2 Å². The van der Waals surface area contributed by atoms with Crippen LogP contribution in [-0.4, -0.2) is 25.0 Å². The summed E-state index contributed by atoms with van der Waals surface area (Å²) in [5.41, 5.74) is 0.391. The summed E-state index contributed by atoms with van der Waals surface area (Å²) >= 11 is 0. The Morgan fingerprint density at radius 3 is 2.30 bits per heavy atom. The Balaban J connectivity index is 1.72. The molecule has 2 rings (SSSR count). The number of rotatable bonds is 5. The smallest absolute Gasteiger partial charge is 0.319 e. The van der Waals surface area contributed by atoms with Gasteiger partial charge in [-0.15, -0.1) is 0 Å². The molecule has 0 aromatic heterocycles. The van der Waals surface area contributed by atoms with E-state index in [1.165, 1.54) is 0 Å². The van der Waals surface area contributed by atoms with E-state index in [9.17, 15) is 18.4 Å². The molecule has 0 saturated carbocycles. The zero-order valence-corrected chi connectivity index (χ0v) is 12.1. The van der Waals surface area contributed by atoms with Crippen molar-refractivity contribution in [2.75, 3.05) is 18.4 Å². The Morgan fingerprint density at radius 1 is 0.913 bits per heavy atom. The van der Waals surface area contributed by atoms with E-state index in [2.05, 4.69) is 16.0 Å². The van der Waals surface area contributed by atoms with Gasteiger partial charge in [0.1, 0.15) is 11.6 Å².